The van der Waals surface area contributed by atoms with E-state index in [1.54, 1.807) is 0 Å². The third kappa shape index (κ3) is 5.49. The molecule has 124 valence electrons. The van der Waals surface area contributed by atoms with Gasteiger partial charge in [0.25, 0.3) is 0 Å². The molecule has 0 bridgehead atoms. The van der Waals surface area contributed by atoms with E-state index in [1.165, 1.54) is 0 Å². The van der Waals surface area contributed by atoms with E-state index < -0.39 is 18.1 Å². The van der Waals surface area contributed by atoms with Gasteiger partial charge in [-0.3, -0.25) is 4.79 Å². The van der Waals surface area contributed by atoms with Gasteiger partial charge in [0.2, 0.25) is 5.91 Å². The third-order valence-corrected chi connectivity index (χ3v) is 4.42. The van der Waals surface area contributed by atoms with Gasteiger partial charge < -0.3 is 10.6 Å². The lowest BCUT2D eigenvalue weighted by molar-refractivity contribution is -0.180. The molecule has 2 atom stereocenters. The Balaban J connectivity index is 2.41. The summed E-state index contributed by atoms with van der Waals surface area (Å²) in [4.78, 5) is 12.0. The number of piperidine rings is 1. The highest BCUT2D eigenvalue weighted by Gasteiger charge is 2.42. The first kappa shape index (κ1) is 18.3. The summed E-state index contributed by atoms with van der Waals surface area (Å²) in [5.41, 5.74) is 0. The zero-order chi connectivity index (χ0) is 16.2. The van der Waals surface area contributed by atoms with E-state index in [4.69, 9.17) is 0 Å². The van der Waals surface area contributed by atoms with Gasteiger partial charge in [0, 0.05) is 13.1 Å². The lowest BCUT2D eigenvalue weighted by Crippen LogP contribution is -2.52. The monoisotopic (exact) mass is 308 g/mol. The van der Waals surface area contributed by atoms with Gasteiger partial charge in [-0.25, -0.2) is 0 Å². The van der Waals surface area contributed by atoms with Crippen LogP contribution in [-0.4, -0.2) is 31.2 Å². The minimum atomic E-state index is -4.17. The molecule has 0 spiro atoms. The molecule has 0 aromatic carbocycles. The molecule has 1 aliphatic heterocycles. The van der Waals surface area contributed by atoms with Crippen molar-refractivity contribution in [1.29, 1.82) is 0 Å². The van der Waals surface area contributed by atoms with Crippen molar-refractivity contribution in [2.24, 2.45) is 23.7 Å². The van der Waals surface area contributed by atoms with Crippen molar-refractivity contribution in [2.45, 2.75) is 52.8 Å². The predicted octanol–water partition coefficient (Wildman–Crippen LogP) is 2.96. The fraction of sp³-hybridized carbons (Fsp3) is 0.933. The summed E-state index contributed by atoms with van der Waals surface area (Å²) < 4.78 is 37.7. The van der Waals surface area contributed by atoms with Crippen LogP contribution in [0.1, 0.15) is 40.5 Å². The molecule has 6 heteroatoms. The number of carbonyl (C=O) groups excluding carboxylic acids is 1. The molecule has 2 unspecified atom stereocenters. The third-order valence-electron chi connectivity index (χ3n) is 4.42. The van der Waals surface area contributed by atoms with Crippen molar-refractivity contribution in [3.8, 4) is 0 Å². The fourth-order valence-electron chi connectivity index (χ4n) is 2.94. The Morgan fingerprint density at radius 3 is 2.14 bits per heavy atom. The Labute approximate surface area is 125 Å². The summed E-state index contributed by atoms with van der Waals surface area (Å²) in [6.07, 6.45) is -3.91. The van der Waals surface area contributed by atoms with Gasteiger partial charge in [-0.2, -0.15) is 13.2 Å². The second-order valence-electron chi connectivity index (χ2n) is 6.67. The molecule has 1 rings (SSSR count). The maximum Gasteiger partial charge on any atom is 0.393 e. The van der Waals surface area contributed by atoms with Gasteiger partial charge in [0.1, 0.15) is 0 Å². The second-order valence-corrected chi connectivity index (χ2v) is 6.67. The van der Waals surface area contributed by atoms with Crippen LogP contribution < -0.4 is 10.6 Å². The summed E-state index contributed by atoms with van der Waals surface area (Å²) in [6.45, 7) is 8.87. The van der Waals surface area contributed by atoms with Gasteiger partial charge in [-0.1, -0.05) is 27.7 Å². The first-order chi connectivity index (χ1) is 9.62. The average Bonchev–Trinajstić information content (AvgIpc) is 2.37. The Bertz CT molecular complexity index is 326. The number of rotatable bonds is 5. The average molecular weight is 308 g/mol. The van der Waals surface area contributed by atoms with Crippen LogP contribution in [0.5, 0.6) is 0 Å². The first-order valence-corrected chi connectivity index (χ1v) is 7.70. The van der Waals surface area contributed by atoms with Crippen LogP contribution in [0.15, 0.2) is 0 Å². The number of carbonyl (C=O) groups is 1. The van der Waals surface area contributed by atoms with E-state index >= 15 is 0 Å². The zero-order valence-electron chi connectivity index (χ0n) is 13.3. The molecule has 1 amide bonds. The number of alkyl halides is 3. The molecule has 0 aliphatic carbocycles. The van der Waals surface area contributed by atoms with E-state index in [0.29, 0.717) is 24.3 Å². The molecular formula is C15H27F3N2O. The maximum atomic E-state index is 12.6. The molecular weight excluding hydrogens is 281 g/mol. The van der Waals surface area contributed by atoms with Crippen LogP contribution >= 0.6 is 0 Å². The van der Waals surface area contributed by atoms with E-state index in [9.17, 15) is 18.0 Å². The molecule has 2 N–H and O–H groups in total. The summed E-state index contributed by atoms with van der Waals surface area (Å²) >= 11 is 0. The molecule has 0 saturated carbocycles. The standard InChI is InChI=1S/C15H27F3N2O/c1-9(2)12(10(3)4)8-20-14(21)13-6-5-11(7-19-13)15(16,17)18/h9-13,19H,5-8H2,1-4H3,(H,20,21). The SMILES string of the molecule is CC(C)C(CNC(=O)C1CCC(C(F)(F)F)CN1)C(C)C. The van der Waals surface area contributed by atoms with Crippen LogP contribution in [-0.2, 0) is 4.79 Å². The first-order valence-electron chi connectivity index (χ1n) is 7.70. The van der Waals surface area contributed by atoms with E-state index in [0.717, 1.165) is 0 Å². The van der Waals surface area contributed by atoms with Crippen molar-refractivity contribution >= 4 is 5.91 Å². The number of nitrogens with one attached hydrogen (secondary N) is 2. The van der Waals surface area contributed by atoms with Gasteiger partial charge in [0.15, 0.2) is 0 Å². The number of hydrogen-bond acceptors (Lipinski definition) is 2. The molecule has 3 nitrogen and oxygen atoms in total. The Morgan fingerprint density at radius 1 is 1.19 bits per heavy atom. The Hall–Kier alpha value is -0.780. The van der Waals surface area contributed by atoms with Crippen molar-refractivity contribution in [3.05, 3.63) is 0 Å². The normalized spacial score (nSPS) is 23.9. The maximum absolute atomic E-state index is 12.6. The molecule has 0 aromatic heterocycles. The lowest BCUT2D eigenvalue weighted by atomic mass is 9.85. The van der Waals surface area contributed by atoms with Gasteiger partial charge in [-0.15, -0.1) is 0 Å². The smallest absolute Gasteiger partial charge is 0.354 e. The second kappa shape index (κ2) is 7.47. The highest BCUT2D eigenvalue weighted by atomic mass is 19.4. The summed E-state index contributed by atoms with van der Waals surface area (Å²) in [7, 11) is 0. The van der Waals surface area contributed by atoms with Crippen LogP contribution in [0.3, 0.4) is 0 Å². The van der Waals surface area contributed by atoms with E-state index in [1.807, 2.05) is 0 Å². The van der Waals surface area contributed by atoms with Crippen molar-refractivity contribution in [3.63, 3.8) is 0 Å². The minimum absolute atomic E-state index is 0.0202. The van der Waals surface area contributed by atoms with Gasteiger partial charge in [0.05, 0.1) is 12.0 Å². The van der Waals surface area contributed by atoms with Crippen LogP contribution in [0, 0.1) is 23.7 Å². The van der Waals surface area contributed by atoms with Crippen molar-refractivity contribution in [2.75, 3.05) is 13.1 Å². The molecule has 1 aliphatic rings. The molecule has 1 fully saturated rings. The molecule has 1 saturated heterocycles. The van der Waals surface area contributed by atoms with E-state index in [-0.39, 0.29) is 25.3 Å². The topological polar surface area (TPSA) is 41.1 Å². The largest absolute Gasteiger partial charge is 0.393 e. The number of halogens is 3. The van der Waals surface area contributed by atoms with Gasteiger partial charge >= 0.3 is 6.18 Å². The molecule has 1 heterocycles. The highest BCUT2D eigenvalue weighted by Crippen LogP contribution is 2.32. The zero-order valence-corrected chi connectivity index (χ0v) is 13.3. The van der Waals surface area contributed by atoms with Crippen LogP contribution in [0.25, 0.3) is 0 Å². The van der Waals surface area contributed by atoms with E-state index in [2.05, 4.69) is 38.3 Å². The fourth-order valence-corrected chi connectivity index (χ4v) is 2.94. The molecule has 0 radical (unpaired) electrons. The molecule has 21 heavy (non-hydrogen) atoms. The molecule has 0 aromatic rings. The summed E-state index contributed by atoms with van der Waals surface area (Å²) in [5, 5.41) is 5.61. The lowest BCUT2D eigenvalue weighted by Gasteiger charge is -2.31. The Kier molecular flexibility index (Phi) is 6.50. The van der Waals surface area contributed by atoms with Crippen LogP contribution in [0.2, 0.25) is 0 Å². The van der Waals surface area contributed by atoms with Crippen LogP contribution in [0.4, 0.5) is 13.2 Å². The quantitative estimate of drug-likeness (QED) is 0.820. The Morgan fingerprint density at radius 2 is 1.76 bits per heavy atom. The summed E-state index contributed by atoms with van der Waals surface area (Å²) in [5.74, 6) is -0.221. The number of hydrogen-bond donors (Lipinski definition) is 2. The predicted molar refractivity (Wildman–Crippen MR) is 76.7 cm³/mol. The van der Waals surface area contributed by atoms with Gasteiger partial charge in [-0.05, 0) is 30.6 Å². The number of amides is 1. The summed E-state index contributed by atoms with van der Waals surface area (Å²) in [6, 6.07) is -0.497. The van der Waals surface area contributed by atoms with Crippen molar-refractivity contribution in [1.82, 2.24) is 10.6 Å². The highest BCUT2D eigenvalue weighted by molar-refractivity contribution is 5.81. The van der Waals surface area contributed by atoms with Crippen molar-refractivity contribution < 1.29 is 18.0 Å². The minimum Gasteiger partial charge on any atom is -0.354 e.